The van der Waals surface area contributed by atoms with Crippen LogP contribution in [0.1, 0.15) is 30.6 Å². The zero-order valence-electron chi connectivity index (χ0n) is 13.2. The number of anilines is 1. The quantitative estimate of drug-likeness (QED) is 0.605. The molecule has 126 valence electrons. The maximum atomic E-state index is 11.7. The first-order chi connectivity index (χ1) is 11.5. The smallest absolute Gasteiger partial charge is 0.466 e. The highest BCUT2D eigenvalue weighted by Crippen LogP contribution is 2.34. The second-order valence-electron chi connectivity index (χ2n) is 5.24. The van der Waals surface area contributed by atoms with E-state index in [0.29, 0.717) is 28.1 Å². The number of carbonyl (C=O) groups excluding carboxylic acids is 1. The summed E-state index contributed by atoms with van der Waals surface area (Å²) in [6.45, 7) is 3.91. The van der Waals surface area contributed by atoms with Crippen LogP contribution in [0.3, 0.4) is 0 Å². The van der Waals surface area contributed by atoms with Crippen molar-refractivity contribution < 1.29 is 23.9 Å². The number of carbonyl (C=O) groups is 1. The number of fused-ring (bicyclic) bond motifs is 1. The minimum atomic E-state index is -1.12. The molecule has 3 rings (SSSR count). The number of hydrogen-bond donors (Lipinski definition) is 2. The molecule has 1 aromatic carbocycles. The summed E-state index contributed by atoms with van der Waals surface area (Å²) in [4.78, 5) is 11.7. The van der Waals surface area contributed by atoms with Crippen molar-refractivity contribution in [3.8, 4) is 10.9 Å². The summed E-state index contributed by atoms with van der Waals surface area (Å²) in [5.74, 6) is 0.119. The van der Waals surface area contributed by atoms with Crippen LogP contribution in [0.15, 0.2) is 12.1 Å². The van der Waals surface area contributed by atoms with E-state index < -0.39 is 13.2 Å². The molecule has 0 bridgehead atoms. The second-order valence-corrected chi connectivity index (χ2v) is 6.21. The molecule has 0 saturated heterocycles. The molecule has 0 fully saturated rings. The molecule has 0 radical (unpaired) electrons. The topological polar surface area (TPSA) is 117 Å². The number of aromatic nitrogens is 2. The van der Waals surface area contributed by atoms with Gasteiger partial charge in [-0.2, -0.15) is 0 Å². The Hall–Kier alpha value is -2.17. The predicted octanol–water partition coefficient (Wildman–Crippen LogP) is 0.933. The number of esters is 1. The van der Waals surface area contributed by atoms with Gasteiger partial charge in [-0.3, -0.25) is 4.79 Å². The van der Waals surface area contributed by atoms with Crippen LogP contribution in [-0.4, -0.2) is 34.9 Å². The maximum absolute atomic E-state index is 11.7. The molecular formula is C14H16BN3O5S. The monoisotopic (exact) mass is 349 g/mol. The molecule has 0 aliphatic carbocycles. The molecule has 0 unspecified atom stereocenters. The molecular weight excluding hydrogens is 333 g/mol. The second kappa shape index (κ2) is 6.75. The largest absolute Gasteiger partial charge is 0.492 e. The SMILES string of the molecule is CCOC(=O)C[C@H]1OB(O)c2cc(Oc3nnc(N)s3)cc(C)c21. The minimum Gasteiger partial charge on any atom is -0.466 e. The van der Waals surface area contributed by atoms with Crippen LogP contribution in [0, 0.1) is 6.92 Å². The molecule has 0 spiro atoms. The van der Waals surface area contributed by atoms with Gasteiger partial charge in [-0.25, -0.2) is 0 Å². The number of hydrogen-bond acceptors (Lipinski definition) is 9. The summed E-state index contributed by atoms with van der Waals surface area (Å²) in [5.41, 5.74) is 7.71. The first kappa shape index (κ1) is 16.7. The third-order valence-corrected chi connectivity index (χ3v) is 4.19. The van der Waals surface area contributed by atoms with Crippen molar-refractivity contribution in [3.63, 3.8) is 0 Å². The van der Waals surface area contributed by atoms with Crippen LogP contribution in [0.5, 0.6) is 10.9 Å². The zero-order chi connectivity index (χ0) is 17.3. The number of nitrogen functional groups attached to an aromatic ring is 1. The lowest BCUT2D eigenvalue weighted by atomic mass is 9.77. The molecule has 1 aliphatic heterocycles. The van der Waals surface area contributed by atoms with Crippen LogP contribution in [0.2, 0.25) is 0 Å². The number of nitrogens with two attached hydrogens (primary N) is 1. The third-order valence-electron chi connectivity index (χ3n) is 3.56. The van der Waals surface area contributed by atoms with E-state index in [1.807, 2.05) is 6.92 Å². The lowest BCUT2D eigenvalue weighted by molar-refractivity contribution is -0.145. The maximum Gasteiger partial charge on any atom is 0.492 e. The van der Waals surface area contributed by atoms with Crippen molar-refractivity contribution in [3.05, 3.63) is 23.3 Å². The number of benzene rings is 1. The van der Waals surface area contributed by atoms with Crippen LogP contribution in [-0.2, 0) is 14.2 Å². The van der Waals surface area contributed by atoms with Crippen molar-refractivity contribution in [2.24, 2.45) is 0 Å². The van der Waals surface area contributed by atoms with Crippen LogP contribution < -0.4 is 15.9 Å². The van der Waals surface area contributed by atoms with E-state index in [9.17, 15) is 9.82 Å². The Kier molecular flexibility index (Phi) is 4.70. The van der Waals surface area contributed by atoms with E-state index >= 15 is 0 Å². The summed E-state index contributed by atoms with van der Waals surface area (Å²) in [7, 11) is -1.12. The van der Waals surface area contributed by atoms with Crippen molar-refractivity contribution in [2.75, 3.05) is 12.3 Å². The van der Waals surface area contributed by atoms with Crippen molar-refractivity contribution in [1.29, 1.82) is 0 Å². The molecule has 2 heterocycles. The molecule has 1 aromatic heterocycles. The molecule has 1 aliphatic rings. The Bertz CT molecular complexity index is 769. The standard InChI is InChI=1S/C14H16BN3O5S/c1-3-21-11(19)6-10-12-7(2)4-8(5-9(12)15(20)23-10)22-14-18-17-13(16)24-14/h4-5,10,20H,3,6H2,1-2H3,(H2,16,17)/t10-/m1/s1. The Morgan fingerprint density at radius 2 is 2.29 bits per heavy atom. The van der Waals surface area contributed by atoms with E-state index in [-0.39, 0.29) is 12.4 Å². The van der Waals surface area contributed by atoms with Crippen LogP contribution >= 0.6 is 11.3 Å². The van der Waals surface area contributed by atoms with Crippen LogP contribution in [0.25, 0.3) is 0 Å². The number of aryl methyl sites for hydroxylation is 1. The fourth-order valence-electron chi connectivity index (χ4n) is 2.68. The molecule has 3 N–H and O–H groups in total. The van der Waals surface area contributed by atoms with Crippen molar-refractivity contribution in [2.45, 2.75) is 26.4 Å². The van der Waals surface area contributed by atoms with Gasteiger partial charge in [0, 0.05) is 0 Å². The molecule has 8 nitrogen and oxygen atoms in total. The van der Waals surface area contributed by atoms with Crippen molar-refractivity contribution >= 4 is 35.0 Å². The Labute approximate surface area is 142 Å². The average molecular weight is 349 g/mol. The van der Waals surface area contributed by atoms with E-state index in [4.69, 9.17) is 19.9 Å². The van der Waals surface area contributed by atoms with Gasteiger partial charge in [0.25, 0.3) is 0 Å². The van der Waals surface area contributed by atoms with Gasteiger partial charge in [0.05, 0.1) is 19.1 Å². The minimum absolute atomic E-state index is 0.0475. The van der Waals surface area contributed by atoms with Gasteiger partial charge in [-0.05, 0) is 53.9 Å². The van der Waals surface area contributed by atoms with E-state index in [1.165, 1.54) is 0 Å². The Balaban J connectivity index is 1.85. The summed E-state index contributed by atoms with van der Waals surface area (Å²) in [6.07, 6.45) is -0.494. The molecule has 1 atom stereocenters. The van der Waals surface area contributed by atoms with Crippen molar-refractivity contribution in [1.82, 2.24) is 10.2 Å². The lowest BCUT2D eigenvalue weighted by Gasteiger charge is -2.14. The summed E-state index contributed by atoms with van der Waals surface area (Å²) >= 11 is 1.12. The first-order valence-electron chi connectivity index (χ1n) is 7.38. The highest BCUT2D eigenvalue weighted by atomic mass is 32.1. The number of ether oxygens (including phenoxy) is 2. The van der Waals surface area contributed by atoms with Gasteiger partial charge in [0.15, 0.2) is 0 Å². The fourth-order valence-corrected chi connectivity index (χ4v) is 3.16. The van der Waals surface area contributed by atoms with Gasteiger partial charge in [0.1, 0.15) is 5.75 Å². The third kappa shape index (κ3) is 3.35. The van der Waals surface area contributed by atoms with Gasteiger partial charge in [-0.1, -0.05) is 5.10 Å². The Morgan fingerprint density at radius 3 is 2.96 bits per heavy atom. The van der Waals surface area contributed by atoms with E-state index in [2.05, 4.69) is 10.2 Å². The summed E-state index contributed by atoms with van der Waals surface area (Å²) < 4.78 is 16.1. The summed E-state index contributed by atoms with van der Waals surface area (Å²) in [6, 6.07) is 3.45. The highest BCUT2D eigenvalue weighted by Gasteiger charge is 2.38. The van der Waals surface area contributed by atoms with E-state index in [0.717, 1.165) is 22.5 Å². The fraction of sp³-hybridized carbons (Fsp3) is 0.357. The zero-order valence-corrected chi connectivity index (χ0v) is 14.0. The van der Waals surface area contributed by atoms with E-state index in [1.54, 1.807) is 19.1 Å². The first-order valence-corrected chi connectivity index (χ1v) is 8.20. The highest BCUT2D eigenvalue weighted by molar-refractivity contribution is 7.16. The van der Waals surface area contributed by atoms with Gasteiger partial charge in [-0.15, -0.1) is 5.10 Å². The van der Waals surface area contributed by atoms with Crippen LogP contribution in [0.4, 0.5) is 5.13 Å². The van der Waals surface area contributed by atoms with Gasteiger partial charge >= 0.3 is 18.3 Å². The molecule has 2 aromatic rings. The number of rotatable bonds is 5. The summed E-state index contributed by atoms with van der Waals surface area (Å²) in [5, 5.41) is 18.2. The molecule has 0 saturated carbocycles. The molecule has 10 heteroatoms. The van der Waals surface area contributed by atoms with Gasteiger partial charge in [0.2, 0.25) is 5.13 Å². The predicted molar refractivity (Wildman–Crippen MR) is 88.3 cm³/mol. The molecule has 0 amide bonds. The lowest BCUT2D eigenvalue weighted by Crippen LogP contribution is -2.28. The number of nitrogens with zero attached hydrogens (tertiary/aromatic N) is 2. The average Bonchev–Trinajstić information content (AvgIpc) is 3.04. The normalized spacial score (nSPS) is 16.1. The molecule has 24 heavy (non-hydrogen) atoms. The van der Waals surface area contributed by atoms with Gasteiger partial charge < -0.3 is 24.9 Å². The Morgan fingerprint density at radius 1 is 1.50 bits per heavy atom.